The van der Waals surface area contributed by atoms with Crippen LogP contribution in [0.2, 0.25) is 0 Å². The third kappa shape index (κ3) is 2.70. The number of nitrogens with two attached hydrogens (primary N) is 4. The van der Waals surface area contributed by atoms with E-state index in [0.29, 0.717) is 34.2 Å². The van der Waals surface area contributed by atoms with Crippen LogP contribution in [0, 0.1) is 0 Å². The predicted octanol–water partition coefficient (Wildman–Crippen LogP) is 0.990. The number of benzene rings is 2. The molecule has 1 aliphatic rings. The first-order chi connectivity index (χ1) is 12.0. The molecule has 2 heterocycles. The summed E-state index contributed by atoms with van der Waals surface area (Å²) in [6, 6.07) is 12.5. The summed E-state index contributed by atoms with van der Waals surface area (Å²) in [4.78, 5) is 0. The molecule has 0 radical (unpaired) electrons. The predicted molar refractivity (Wildman–Crippen MR) is 97.3 cm³/mol. The van der Waals surface area contributed by atoms with Gasteiger partial charge in [0, 0.05) is 46.2 Å². The summed E-state index contributed by atoms with van der Waals surface area (Å²) in [5, 5.41) is 6.74. The fourth-order valence-corrected chi connectivity index (χ4v) is 2.84. The van der Waals surface area contributed by atoms with E-state index in [4.69, 9.17) is 31.8 Å². The van der Waals surface area contributed by atoms with Gasteiger partial charge in [-0.1, -0.05) is 0 Å². The van der Waals surface area contributed by atoms with Crippen LogP contribution in [0.3, 0.4) is 0 Å². The zero-order chi connectivity index (χ0) is 17.6. The molecule has 0 saturated carbocycles. The fourth-order valence-electron chi connectivity index (χ4n) is 2.84. The maximum atomic E-state index is 6.14. The van der Waals surface area contributed by atoms with Crippen LogP contribution in [0.15, 0.2) is 58.7 Å². The Morgan fingerprint density at radius 1 is 0.920 bits per heavy atom. The number of hydrogen-bond donors (Lipinski definition) is 4. The first-order valence-electron chi connectivity index (χ1n) is 7.68. The number of anilines is 2. The normalized spacial score (nSPS) is 14.9. The van der Waals surface area contributed by atoms with Gasteiger partial charge in [-0.25, -0.2) is 5.41 Å². The summed E-state index contributed by atoms with van der Waals surface area (Å²) in [7, 11) is 0. The van der Waals surface area contributed by atoms with Gasteiger partial charge in [-0.3, -0.25) is 0 Å². The van der Waals surface area contributed by atoms with Crippen molar-refractivity contribution in [2.45, 2.75) is 0 Å². The quantitative estimate of drug-likeness (QED) is 0.494. The van der Waals surface area contributed by atoms with Gasteiger partial charge in [0.15, 0.2) is 0 Å². The Morgan fingerprint density at radius 3 is 2.52 bits per heavy atom. The van der Waals surface area contributed by atoms with Gasteiger partial charge in [-0.15, -0.1) is 0 Å². The smallest absolute Gasteiger partial charge is 0.365 e. The third-order valence-electron chi connectivity index (χ3n) is 3.98. The van der Waals surface area contributed by atoms with Crippen LogP contribution in [-0.4, -0.2) is 0 Å². The molecule has 0 atom stereocenters. The Bertz CT molecular complexity index is 1130. The summed E-state index contributed by atoms with van der Waals surface area (Å²) in [5.74, 6) is 1.20. The van der Waals surface area contributed by atoms with Gasteiger partial charge >= 0.3 is 5.55 Å². The van der Waals surface area contributed by atoms with Gasteiger partial charge in [0.1, 0.15) is 17.1 Å². The maximum absolute atomic E-state index is 6.14. The van der Waals surface area contributed by atoms with Crippen LogP contribution >= 0.6 is 0 Å². The Labute approximate surface area is 143 Å². The van der Waals surface area contributed by atoms with Crippen LogP contribution in [-0.2, 0) is 0 Å². The second-order valence-electron chi connectivity index (χ2n) is 5.86. The highest BCUT2D eigenvalue weighted by molar-refractivity contribution is 5.89. The lowest BCUT2D eigenvalue weighted by Gasteiger charge is -2.18. The van der Waals surface area contributed by atoms with Crippen molar-refractivity contribution >= 4 is 34.1 Å². The molecule has 0 amide bonds. The lowest BCUT2D eigenvalue weighted by Crippen LogP contribution is -2.44. The third-order valence-corrected chi connectivity index (χ3v) is 3.98. The van der Waals surface area contributed by atoms with E-state index in [1.807, 2.05) is 18.2 Å². The zero-order valence-electron chi connectivity index (χ0n) is 13.3. The van der Waals surface area contributed by atoms with Gasteiger partial charge in [-0.05, 0) is 35.9 Å². The Balaban J connectivity index is 1.86. The minimum atomic E-state index is 0.280. The number of hydrogen-bond acceptors (Lipinski definition) is 5. The molecule has 0 aliphatic carbocycles. The van der Waals surface area contributed by atoms with Crippen molar-refractivity contribution < 1.29 is 14.6 Å². The molecule has 4 rings (SSSR count). The molecule has 1 aliphatic heterocycles. The van der Waals surface area contributed by atoms with E-state index in [2.05, 4.69) is 0 Å². The molecule has 0 saturated heterocycles. The average molecular weight is 333 g/mol. The molecular weight excluding hydrogens is 316 g/mol. The van der Waals surface area contributed by atoms with Gasteiger partial charge in [0.2, 0.25) is 0 Å². The number of ether oxygens (including phenoxy) is 1. The highest BCUT2D eigenvalue weighted by atomic mass is 16.5. The summed E-state index contributed by atoms with van der Waals surface area (Å²) in [6.07, 6.45) is 3.62. The van der Waals surface area contributed by atoms with Gasteiger partial charge in [0.05, 0.1) is 6.07 Å². The summed E-state index contributed by atoms with van der Waals surface area (Å²) < 4.78 is 11.5. The van der Waals surface area contributed by atoms with Crippen molar-refractivity contribution in [3.05, 3.63) is 71.0 Å². The average Bonchev–Trinajstić information content (AvgIpc) is 2.53. The summed E-state index contributed by atoms with van der Waals surface area (Å²) >= 11 is 0. The van der Waals surface area contributed by atoms with Crippen LogP contribution in [0.4, 0.5) is 11.4 Å². The second kappa shape index (κ2) is 5.45. The zero-order valence-corrected chi connectivity index (χ0v) is 13.3. The number of allylic oxidation sites excluding steroid dienone is 1. The lowest BCUT2D eigenvalue weighted by molar-refractivity contribution is -0.197. The van der Waals surface area contributed by atoms with Gasteiger partial charge in [0.25, 0.3) is 0 Å². The van der Waals surface area contributed by atoms with E-state index in [-0.39, 0.29) is 5.55 Å². The van der Waals surface area contributed by atoms with Gasteiger partial charge < -0.3 is 26.4 Å². The maximum Gasteiger partial charge on any atom is 0.365 e. The molecule has 25 heavy (non-hydrogen) atoms. The van der Waals surface area contributed by atoms with Crippen LogP contribution < -0.4 is 32.9 Å². The van der Waals surface area contributed by atoms with Crippen molar-refractivity contribution in [3.8, 4) is 5.75 Å². The number of rotatable bonds is 1. The SMILES string of the molecule is NC1=C/C(=C/c2cc(=[NH2+])oc3cc(N)ccc23)Oc2cc(N)ccc21. The van der Waals surface area contributed by atoms with Crippen molar-refractivity contribution in [1.29, 1.82) is 0 Å². The van der Waals surface area contributed by atoms with Crippen molar-refractivity contribution in [3.63, 3.8) is 0 Å². The highest BCUT2D eigenvalue weighted by Crippen LogP contribution is 2.33. The molecule has 0 fully saturated rings. The van der Waals surface area contributed by atoms with E-state index in [1.165, 1.54) is 0 Å². The van der Waals surface area contributed by atoms with Crippen molar-refractivity contribution in [2.75, 3.05) is 11.5 Å². The van der Waals surface area contributed by atoms with E-state index < -0.39 is 0 Å². The Hall–Kier alpha value is -3.67. The molecule has 6 nitrogen and oxygen atoms in total. The van der Waals surface area contributed by atoms with Crippen molar-refractivity contribution in [2.24, 2.45) is 5.73 Å². The molecule has 0 unspecified atom stereocenters. The minimum absolute atomic E-state index is 0.280. The molecule has 3 aromatic rings. The number of nitrogen functional groups attached to an aromatic ring is 2. The van der Waals surface area contributed by atoms with E-state index >= 15 is 0 Å². The standard InChI is InChI=1S/C19H16N4O2/c20-11-1-3-14-10(6-19(23)25-17(14)7-11)5-13-9-16(22)15-4-2-12(21)8-18(15)24-13/h1-9,23H,20-22H2/p+1/b13-5-,23-19?. The van der Waals surface area contributed by atoms with Crippen LogP contribution in [0.25, 0.3) is 22.7 Å². The van der Waals surface area contributed by atoms with Gasteiger partial charge in [-0.2, -0.15) is 0 Å². The van der Waals surface area contributed by atoms with E-state index in [1.54, 1.807) is 36.4 Å². The molecule has 1 aromatic heterocycles. The topological polar surface area (TPSA) is 126 Å². The van der Waals surface area contributed by atoms with Crippen molar-refractivity contribution in [1.82, 2.24) is 0 Å². The largest absolute Gasteiger partial charge is 0.456 e. The van der Waals surface area contributed by atoms with Crippen LogP contribution in [0.1, 0.15) is 11.1 Å². The second-order valence-corrected chi connectivity index (χ2v) is 5.86. The Kier molecular flexibility index (Phi) is 3.25. The molecule has 6 heteroatoms. The first kappa shape index (κ1) is 14.9. The molecule has 124 valence electrons. The molecular formula is C19H17N4O2+. The summed E-state index contributed by atoms with van der Waals surface area (Å²) in [5.41, 5.74) is 22.1. The first-order valence-corrected chi connectivity index (χ1v) is 7.68. The minimum Gasteiger partial charge on any atom is -0.456 e. The number of fused-ring (bicyclic) bond motifs is 2. The van der Waals surface area contributed by atoms with Crippen LogP contribution in [0.5, 0.6) is 5.75 Å². The van der Waals surface area contributed by atoms with E-state index in [9.17, 15) is 0 Å². The summed E-state index contributed by atoms with van der Waals surface area (Å²) in [6.45, 7) is 0. The Morgan fingerprint density at radius 2 is 1.68 bits per heavy atom. The molecule has 0 spiro atoms. The fraction of sp³-hybridized carbons (Fsp3) is 0. The lowest BCUT2D eigenvalue weighted by atomic mass is 10.0. The highest BCUT2D eigenvalue weighted by Gasteiger charge is 2.16. The molecule has 2 aromatic carbocycles. The monoisotopic (exact) mass is 333 g/mol. The molecule has 0 bridgehead atoms. The van der Waals surface area contributed by atoms with E-state index in [0.717, 1.165) is 16.5 Å². The molecule has 8 N–H and O–H groups in total.